The fraction of sp³-hybridized carbons (Fsp3) is 0.280. The molecule has 0 aliphatic carbocycles. The number of carbonyl (C=O) groups is 1. The number of hydrogen-bond donors (Lipinski definition) is 0. The third kappa shape index (κ3) is 6.22. The van der Waals surface area contributed by atoms with E-state index >= 15 is 0 Å². The molecule has 164 valence electrons. The van der Waals surface area contributed by atoms with Gasteiger partial charge in [0, 0.05) is 19.0 Å². The average Bonchev–Trinajstić information content (AvgIpc) is 3.13. The molecule has 0 N–H and O–H groups in total. The Morgan fingerprint density at radius 3 is 2.55 bits per heavy atom. The van der Waals surface area contributed by atoms with E-state index in [-0.39, 0.29) is 0 Å². The highest BCUT2D eigenvalue weighted by molar-refractivity contribution is 5.90. The zero-order chi connectivity index (χ0) is 23.0. The number of benzene rings is 1. The first kappa shape index (κ1) is 23.7. The van der Waals surface area contributed by atoms with Crippen molar-refractivity contribution in [3.8, 4) is 11.6 Å². The Balaban J connectivity index is 1.97. The van der Waals surface area contributed by atoms with Gasteiger partial charge < -0.3 is 14.2 Å². The van der Waals surface area contributed by atoms with Crippen LogP contribution >= 0.6 is 0 Å². The molecule has 6 nitrogen and oxygen atoms in total. The van der Waals surface area contributed by atoms with Gasteiger partial charge in [0.15, 0.2) is 0 Å². The van der Waals surface area contributed by atoms with Gasteiger partial charge in [-0.1, -0.05) is 43.5 Å². The summed E-state index contributed by atoms with van der Waals surface area (Å²) in [7, 11) is 3.17. The van der Waals surface area contributed by atoms with Gasteiger partial charge in [-0.2, -0.15) is 5.10 Å². The van der Waals surface area contributed by atoms with Crippen molar-refractivity contribution in [2.24, 2.45) is 7.05 Å². The zero-order valence-corrected chi connectivity index (χ0v) is 18.7. The molecule has 0 unspecified atom stereocenters. The van der Waals surface area contributed by atoms with Crippen molar-refractivity contribution < 1.29 is 19.0 Å². The van der Waals surface area contributed by atoms with Crippen LogP contribution in [0.15, 0.2) is 61.4 Å². The number of aryl methyl sites for hydroxylation is 1. The molecule has 6 heteroatoms. The first-order chi connectivity index (χ1) is 14.8. The van der Waals surface area contributed by atoms with Gasteiger partial charge in [-0.15, -0.1) is 0 Å². The second kappa shape index (κ2) is 11.0. The van der Waals surface area contributed by atoms with Crippen LogP contribution in [0.25, 0.3) is 11.6 Å². The predicted molar refractivity (Wildman–Crippen MR) is 124 cm³/mol. The molecule has 0 radical (unpaired) electrons. The van der Waals surface area contributed by atoms with Gasteiger partial charge in [0.2, 0.25) is 5.88 Å². The van der Waals surface area contributed by atoms with Crippen molar-refractivity contribution >= 4 is 17.6 Å². The van der Waals surface area contributed by atoms with E-state index < -0.39 is 5.97 Å². The zero-order valence-electron chi connectivity index (χ0n) is 18.7. The smallest absolute Gasteiger partial charge is 0.337 e. The maximum atomic E-state index is 11.7. The highest BCUT2D eigenvalue weighted by atomic mass is 16.5. The molecule has 0 saturated carbocycles. The molecule has 0 fully saturated rings. The lowest BCUT2D eigenvalue weighted by atomic mass is 10.0. The lowest BCUT2D eigenvalue weighted by Crippen LogP contribution is -2.09. The van der Waals surface area contributed by atoms with E-state index in [4.69, 9.17) is 14.2 Å². The Labute approximate surface area is 184 Å². The topological polar surface area (TPSA) is 62.6 Å². The Kier molecular flexibility index (Phi) is 8.43. The number of esters is 1. The minimum Gasteiger partial charge on any atom is -0.493 e. The van der Waals surface area contributed by atoms with Crippen LogP contribution in [0.3, 0.4) is 0 Å². The fourth-order valence-electron chi connectivity index (χ4n) is 2.76. The summed E-state index contributed by atoms with van der Waals surface area (Å²) < 4.78 is 18.3. The van der Waals surface area contributed by atoms with Crippen LogP contribution in [0, 0.1) is 0 Å². The minimum atomic E-state index is -0.413. The number of aromatic nitrogens is 2. The lowest BCUT2D eigenvalue weighted by Gasteiger charge is -2.12. The molecular formula is C25H30N2O4. The molecule has 1 aromatic heterocycles. The fourth-order valence-corrected chi connectivity index (χ4v) is 2.76. The molecule has 1 heterocycles. The molecule has 0 aliphatic rings. The van der Waals surface area contributed by atoms with E-state index in [1.807, 2.05) is 27.0 Å². The van der Waals surface area contributed by atoms with E-state index in [1.165, 1.54) is 7.11 Å². The summed E-state index contributed by atoms with van der Waals surface area (Å²) in [4.78, 5) is 11.7. The van der Waals surface area contributed by atoms with Gasteiger partial charge in [0.25, 0.3) is 0 Å². The first-order valence-corrected chi connectivity index (χ1v) is 9.94. The summed E-state index contributed by atoms with van der Waals surface area (Å²) in [6.45, 7) is 16.7. The van der Waals surface area contributed by atoms with E-state index in [0.29, 0.717) is 36.8 Å². The maximum absolute atomic E-state index is 11.7. The van der Waals surface area contributed by atoms with Crippen LogP contribution in [0.4, 0.5) is 0 Å². The Morgan fingerprint density at radius 1 is 1.19 bits per heavy atom. The third-order valence-corrected chi connectivity index (χ3v) is 4.73. The molecular weight excluding hydrogens is 392 g/mol. The van der Waals surface area contributed by atoms with Gasteiger partial charge in [-0.05, 0) is 37.1 Å². The monoisotopic (exact) mass is 422 g/mol. The standard InChI is InChI=1S/C25H30N2O4/c1-8-20-10-11-21(25(28)29-7)15-23(20)30-12-9-13-31-24-22(16-26-27(24)6)19(5)14-18(4)17(2)3/h8,10-11,14-16H,1-2,5,9,12-13H2,3-4,6-7H3/b18-14+. The van der Waals surface area contributed by atoms with Crippen molar-refractivity contribution in [3.63, 3.8) is 0 Å². The van der Waals surface area contributed by atoms with Crippen LogP contribution in [-0.4, -0.2) is 36.1 Å². The molecule has 0 atom stereocenters. The highest BCUT2D eigenvalue weighted by Crippen LogP contribution is 2.27. The summed E-state index contributed by atoms with van der Waals surface area (Å²) in [5, 5.41) is 4.29. The number of ether oxygens (including phenoxy) is 3. The maximum Gasteiger partial charge on any atom is 0.337 e. The number of methoxy groups -OCH3 is 1. The molecule has 0 amide bonds. The van der Waals surface area contributed by atoms with E-state index in [0.717, 1.165) is 27.8 Å². The summed E-state index contributed by atoms with van der Waals surface area (Å²) in [5.74, 6) is 0.812. The second-order valence-electron chi connectivity index (χ2n) is 7.12. The van der Waals surface area contributed by atoms with Crippen LogP contribution in [0.2, 0.25) is 0 Å². The van der Waals surface area contributed by atoms with Crippen LogP contribution in [-0.2, 0) is 11.8 Å². The highest BCUT2D eigenvalue weighted by Gasteiger charge is 2.13. The molecule has 1 aromatic carbocycles. The van der Waals surface area contributed by atoms with Crippen molar-refractivity contribution in [3.05, 3.63) is 78.0 Å². The molecule has 31 heavy (non-hydrogen) atoms. The van der Waals surface area contributed by atoms with Crippen molar-refractivity contribution in [2.75, 3.05) is 20.3 Å². The molecule has 2 aromatic rings. The van der Waals surface area contributed by atoms with Gasteiger partial charge >= 0.3 is 5.97 Å². The van der Waals surface area contributed by atoms with Gasteiger partial charge in [0.05, 0.1) is 37.6 Å². The number of nitrogens with zero attached hydrogens (tertiary/aromatic N) is 2. The SMILES string of the molecule is C=Cc1ccc(C(=O)OC)cc1OCCCOc1c(C(=C)/C=C(\C)C(=C)C)cnn1C. The van der Waals surface area contributed by atoms with Crippen LogP contribution < -0.4 is 9.47 Å². The Morgan fingerprint density at radius 2 is 1.90 bits per heavy atom. The van der Waals surface area contributed by atoms with Crippen LogP contribution in [0.5, 0.6) is 11.6 Å². The minimum absolute atomic E-state index is 0.411. The third-order valence-electron chi connectivity index (χ3n) is 4.73. The lowest BCUT2D eigenvalue weighted by molar-refractivity contribution is 0.0600. The number of allylic oxidation sites excluding steroid dienone is 4. The van der Waals surface area contributed by atoms with Crippen molar-refractivity contribution in [1.29, 1.82) is 0 Å². The molecule has 0 saturated heterocycles. The quantitative estimate of drug-likeness (QED) is 0.282. The number of carbonyl (C=O) groups excluding carboxylic acids is 1. The summed E-state index contributed by atoms with van der Waals surface area (Å²) in [5.41, 5.74) is 4.92. The second-order valence-corrected chi connectivity index (χ2v) is 7.12. The van der Waals surface area contributed by atoms with Gasteiger partial charge in [0.1, 0.15) is 5.75 Å². The Bertz CT molecular complexity index is 1010. The van der Waals surface area contributed by atoms with Crippen LogP contribution in [0.1, 0.15) is 41.8 Å². The summed E-state index contributed by atoms with van der Waals surface area (Å²) >= 11 is 0. The van der Waals surface area contributed by atoms with E-state index in [2.05, 4.69) is 24.8 Å². The Hall–Kier alpha value is -3.54. The first-order valence-electron chi connectivity index (χ1n) is 9.94. The van der Waals surface area contributed by atoms with E-state index in [9.17, 15) is 4.79 Å². The molecule has 0 spiro atoms. The molecule has 2 rings (SSSR count). The number of hydrogen-bond acceptors (Lipinski definition) is 5. The summed E-state index contributed by atoms with van der Waals surface area (Å²) in [6.07, 6.45) is 6.03. The predicted octanol–water partition coefficient (Wildman–Crippen LogP) is 5.23. The van der Waals surface area contributed by atoms with Crippen molar-refractivity contribution in [1.82, 2.24) is 9.78 Å². The van der Waals surface area contributed by atoms with E-state index in [1.54, 1.807) is 35.2 Å². The van der Waals surface area contributed by atoms with Gasteiger partial charge in [-0.25, -0.2) is 9.48 Å². The molecule has 0 bridgehead atoms. The van der Waals surface area contributed by atoms with Gasteiger partial charge in [-0.3, -0.25) is 0 Å². The normalized spacial score (nSPS) is 11.0. The largest absolute Gasteiger partial charge is 0.493 e. The van der Waals surface area contributed by atoms with Crippen molar-refractivity contribution in [2.45, 2.75) is 20.3 Å². The average molecular weight is 423 g/mol. The summed E-state index contributed by atoms with van der Waals surface area (Å²) in [6, 6.07) is 5.11. The number of rotatable bonds is 11. The molecule has 0 aliphatic heterocycles.